The van der Waals surface area contributed by atoms with Crippen LogP contribution in [0.1, 0.15) is 11.1 Å². The zero-order valence-corrected chi connectivity index (χ0v) is 16.2. The van der Waals surface area contributed by atoms with Gasteiger partial charge in [0.15, 0.2) is 0 Å². The number of methoxy groups -OCH3 is 2. The first-order valence-corrected chi connectivity index (χ1v) is 8.60. The standard InChI is InChI=1S/C20H19ClN2O4/c1-11-6-5-7-15(12(11)2)23-19(24)17(21)18(20(23)25)22-14-9-8-13(26-3)10-16(14)27-4/h5-10,22H,1-4H3. The predicted octanol–water partition coefficient (Wildman–Crippen LogP) is 3.76. The molecule has 3 rings (SSSR count). The van der Waals surface area contributed by atoms with E-state index in [-0.39, 0.29) is 10.7 Å². The highest BCUT2D eigenvalue weighted by Gasteiger charge is 2.39. The zero-order chi connectivity index (χ0) is 19.7. The molecule has 0 fully saturated rings. The monoisotopic (exact) mass is 386 g/mol. The number of anilines is 2. The first kappa shape index (κ1) is 18.8. The van der Waals surface area contributed by atoms with Gasteiger partial charge >= 0.3 is 0 Å². The van der Waals surface area contributed by atoms with Gasteiger partial charge in [-0.3, -0.25) is 9.59 Å². The lowest BCUT2D eigenvalue weighted by Gasteiger charge is -2.19. The Morgan fingerprint density at radius 2 is 1.74 bits per heavy atom. The van der Waals surface area contributed by atoms with Gasteiger partial charge in [0, 0.05) is 6.07 Å². The minimum atomic E-state index is -0.564. The van der Waals surface area contributed by atoms with Crippen LogP contribution in [0.15, 0.2) is 47.1 Å². The fourth-order valence-electron chi connectivity index (χ4n) is 2.84. The van der Waals surface area contributed by atoms with Crippen LogP contribution in [-0.4, -0.2) is 26.0 Å². The van der Waals surface area contributed by atoms with Crippen LogP contribution in [0.3, 0.4) is 0 Å². The van der Waals surface area contributed by atoms with E-state index in [0.717, 1.165) is 16.0 Å². The summed E-state index contributed by atoms with van der Waals surface area (Å²) in [5.74, 6) is -0.0259. The summed E-state index contributed by atoms with van der Waals surface area (Å²) in [6.45, 7) is 3.78. The van der Waals surface area contributed by atoms with Gasteiger partial charge in [0.25, 0.3) is 11.8 Å². The molecule has 0 radical (unpaired) electrons. The number of halogens is 1. The van der Waals surface area contributed by atoms with E-state index in [1.54, 1.807) is 37.4 Å². The van der Waals surface area contributed by atoms with Crippen molar-refractivity contribution in [2.45, 2.75) is 13.8 Å². The fourth-order valence-corrected chi connectivity index (χ4v) is 3.06. The lowest BCUT2D eigenvalue weighted by atomic mass is 10.1. The third-order valence-electron chi connectivity index (χ3n) is 4.51. The van der Waals surface area contributed by atoms with Gasteiger partial charge in [0.05, 0.1) is 25.6 Å². The summed E-state index contributed by atoms with van der Waals surface area (Å²) in [4.78, 5) is 26.7. The van der Waals surface area contributed by atoms with Crippen LogP contribution in [0.2, 0.25) is 0 Å². The number of benzene rings is 2. The van der Waals surface area contributed by atoms with Gasteiger partial charge in [-0.05, 0) is 43.2 Å². The van der Waals surface area contributed by atoms with Crippen LogP contribution in [0, 0.1) is 13.8 Å². The number of carbonyl (C=O) groups is 2. The maximum Gasteiger partial charge on any atom is 0.283 e. The van der Waals surface area contributed by atoms with Crippen molar-refractivity contribution < 1.29 is 19.1 Å². The van der Waals surface area contributed by atoms with Crippen molar-refractivity contribution in [3.8, 4) is 11.5 Å². The van der Waals surface area contributed by atoms with Crippen molar-refractivity contribution in [2.24, 2.45) is 0 Å². The molecule has 0 saturated carbocycles. The Morgan fingerprint density at radius 1 is 1.00 bits per heavy atom. The topological polar surface area (TPSA) is 67.9 Å². The smallest absolute Gasteiger partial charge is 0.283 e. The highest BCUT2D eigenvalue weighted by molar-refractivity contribution is 6.53. The van der Waals surface area contributed by atoms with Crippen molar-refractivity contribution >= 4 is 34.8 Å². The van der Waals surface area contributed by atoms with Crippen molar-refractivity contribution in [1.29, 1.82) is 0 Å². The van der Waals surface area contributed by atoms with E-state index in [1.165, 1.54) is 7.11 Å². The van der Waals surface area contributed by atoms with Crippen molar-refractivity contribution in [3.63, 3.8) is 0 Å². The Balaban J connectivity index is 1.97. The Labute approximate surface area is 162 Å². The van der Waals surface area contributed by atoms with E-state index < -0.39 is 11.8 Å². The number of ether oxygens (including phenoxy) is 2. The first-order valence-electron chi connectivity index (χ1n) is 8.22. The second-order valence-corrected chi connectivity index (χ2v) is 6.42. The van der Waals surface area contributed by atoms with E-state index in [2.05, 4.69) is 5.32 Å². The number of amides is 2. The van der Waals surface area contributed by atoms with Crippen molar-refractivity contribution in [2.75, 3.05) is 24.4 Å². The quantitative estimate of drug-likeness (QED) is 0.792. The first-order chi connectivity index (χ1) is 12.9. The van der Waals surface area contributed by atoms with Gasteiger partial charge in [-0.2, -0.15) is 0 Å². The number of rotatable bonds is 5. The summed E-state index contributed by atoms with van der Waals surface area (Å²) in [6.07, 6.45) is 0. The second-order valence-electron chi connectivity index (χ2n) is 6.04. The van der Waals surface area contributed by atoms with Gasteiger partial charge in [0.1, 0.15) is 22.2 Å². The molecule has 6 nitrogen and oxygen atoms in total. The van der Waals surface area contributed by atoms with Gasteiger partial charge in [-0.15, -0.1) is 0 Å². The molecule has 2 aromatic carbocycles. The van der Waals surface area contributed by atoms with E-state index in [9.17, 15) is 9.59 Å². The summed E-state index contributed by atoms with van der Waals surface area (Å²) in [6, 6.07) is 10.5. The average molecular weight is 387 g/mol. The van der Waals surface area contributed by atoms with Crippen LogP contribution in [-0.2, 0) is 9.59 Å². The van der Waals surface area contributed by atoms with Crippen molar-refractivity contribution in [3.05, 3.63) is 58.3 Å². The highest BCUT2D eigenvalue weighted by atomic mass is 35.5. The molecule has 1 N–H and O–H groups in total. The summed E-state index contributed by atoms with van der Waals surface area (Å²) in [5, 5.41) is 2.76. The van der Waals surface area contributed by atoms with Crippen molar-refractivity contribution in [1.82, 2.24) is 0 Å². The molecule has 1 aliphatic heterocycles. The third kappa shape index (κ3) is 3.24. The third-order valence-corrected chi connectivity index (χ3v) is 4.86. The molecule has 0 aromatic heterocycles. The molecule has 1 aliphatic rings. The molecule has 7 heteroatoms. The Morgan fingerprint density at radius 3 is 2.41 bits per heavy atom. The van der Waals surface area contributed by atoms with Gasteiger partial charge < -0.3 is 14.8 Å². The van der Waals surface area contributed by atoms with Crippen LogP contribution < -0.4 is 19.7 Å². The number of hydrogen-bond donors (Lipinski definition) is 1. The molecule has 27 heavy (non-hydrogen) atoms. The minimum Gasteiger partial charge on any atom is -0.497 e. The number of nitrogens with one attached hydrogen (secondary N) is 1. The Hall–Kier alpha value is -2.99. The largest absolute Gasteiger partial charge is 0.497 e. The number of hydrogen-bond acceptors (Lipinski definition) is 5. The maximum atomic E-state index is 13.0. The molecular formula is C20H19ClN2O4. The maximum absolute atomic E-state index is 13.0. The molecule has 0 saturated heterocycles. The summed E-state index contributed by atoms with van der Waals surface area (Å²) >= 11 is 6.20. The Kier molecular flexibility index (Phi) is 5.10. The number of nitrogens with zero attached hydrogens (tertiary/aromatic N) is 1. The molecule has 2 amide bonds. The lowest BCUT2D eigenvalue weighted by molar-refractivity contribution is -0.120. The van der Waals surface area contributed by atoms with E-state index in [1.807, 2.05) is 19.9 Å². The van der Waals surface area contributed by atoms with E-state index in [0.29, 0.717) is 22.9 Å². The summed E-state index contributed by atoms with van der Waals surface area (Å²) in [7, 11) is 3.04. The molecule has 0 bridgehead atoms. The SMILES string of the molecule is COc1ccc(NC2=C(Cl)C(=O)N(c3cccc(C)c3C)C2=O)c(OC)c1. The molecule has 0 unspecified atom stereocenters. The van der Waals surface area contributed by atoms with Crippen LogP contribution in [0.4, 0.5) is 11.4 Å². The number of imide groups is 1. The van der Waals surface area contributed by atoms with E-state index >= 15 is 0 Å². The zero-order valence-electron chi connectivity index (χ0n) is 15.4. The van der Waals surface area contributed by atoms with Gasteiger partial charge in [-0.25, -0.2) is 4.90 Å². The summed E-state index contributed by atoms with van der Waals surface area (Å²) < 4.78 is 10.5. The molecule has 2 aromatic rings. The van der Waals surface area contributed by atoms with Gasteiger partial charge in [-0.1, -0.05) is 23.7 Å². The molecule has 0 spiro atoms. The van der Waals surface area contributed by atoms with Crippen LogP contribution >= 0.6 is 11.6 Å². The predicted molar refractivity (Wildman–Crippen MR) is 104 cm³/mol. The highest BCUT2D eigenvalue weighted by Crippen LogP contribution is 2.35. The fraction of sp³-hybridized carbons (Fsp3) is 0.200. The van der Waals surface area contributed by atoms with E-state index in [4.69, 9.17) is 21.1 Å². The average Bonchev–Trinajstić information content (AvgIpc) is 2.88. The number of aryl methyl sites for hydroxylation is 1. The van der Waals surface area contributed by atoms with Crippen LogP contribution in [0.25, 0.3) is 0 Å². The summed E-state index contributed by atoms with van der Waals surface area (Å²) in [5.41, 5.74) is 2.83. The molecule has 140 valence electrons. The van der Waals surface area contributed by atoms with Gasteiger partial charge in [0.2, 0.25) is 0 Å². The lowest BCUT2D eigenvalue weighted by Crippen LogP contribution is -2.33. The minimum absolute atomic E-state index is 0.00559. The molecular weight excluding hydrogens is 368 g/mol. The second kappa shape index (κ2) is 7.32. The normalized spacial score (nSPS) is 14.0. The number of carbonyl (C=O) groups excluding carboxylic acids is 2. The Bertz CT molecular complexity index is 968. The molecule has 0 atom stereocenters. The van der Waals surface area contributed by atoms with Crippen LogP contribution in [0.5, 0.6) is 11.5 Å². The molecule has 1 heterocycles. The molecule has 0 aliphatic carbocycles.